The molecule has 4 aliphatic carbocycles. The lowest BCUT2D eigenvalue weighted by Crippen LogP contribution is -2.55. The molecule has 3 saturated carbocycles. The van der Waals surface area contributed by atoms with Crippen LogP contribution in [0.2, 0.25) is 0 Å². The fourth-order valence-corrected chi connectivity index (χ4v) is 6.70. The molecule has 4 fully saturated rings. The van der Waals surface area contributed by atoms with Crippen molar-refractivity contribution in [2.24, 2.45) is 28.6 Å². The van der Waals surface area contributed by atoms with E-state index in [1.54, 1.807) is 0 Å². The monoisotopic (exact) mass is 336 g/mol. The number of aliphatic hydroxyl groups excluding tert-OH is 1. The third kappa shape index (κ3) is 1.23. The minimum absolute atomic E-state index is 0.106. The molecule has 0 amide bonds. The Bertz CT molecular complexity index is 672. The number of hydrogen-bond acceptors (Lipinski definition) is 4. The Morgan fingerprint density at radius 3 is 2.96 bits per heavy atom. The Kier molecular flexibility index (Phi) is 2.53. The predicted octanol–water partition coefficient (Wildman–Crippen LogP) is 2.22. The van der Waals surface area contributed by atoms with Gasteiger partial charge in [0.2, 0.25) is 0 Å². The summed E-state index contributed by atoms with van der Waals surface area (Å²) in [4.78, 5) is 24.7. The Morgan fingerprint density at radius 2 is 2.26 bits per heavy atom. The highest BCUT2D eigenvalue weighted by atomic mass is 35.5. The number of halogens is 1. The maximum atomic E-state index is 12.4. The van der Waals surface area contributed by atoms with Crippen molar-refractivity contribution >= 4 is 23.4 Å². The van der Waals surface area contributed by atoms with Gasteiger partial charge in [-0.1, -0.05) is 13.0 Å². The molecule has 124 valence electrons. The zero-order chi connectivity index (χ0) is 16.2. The second kappa shape index (κ2) is 4.02. The number of Topliss-reactive ketones (excluding diaryl/α,β-unsaturated/α-hetero) is 1. The van der Waals surface area contributed by atoms with E-state index < -0.39 is 22.5 Å². The summed E-state index contributed by atoms with van der Waals surface area (Å²) in [5.74, 6) is 1.06. The molecule has 1 saturated heterocycles. The highest BCUT2D eigenvalue weighted by Gasteiger charge is 3.04. The second-order valence-corrected chi connectivity index (χ2v) is 8.57. The van der Waals surface area contributed by atoms with Crippen molar-refractivity contribution in [2.75, 3.05) is 5.88 Å². The Morgan fingerprint density at radius 1 is 1.48 bits per heavy atom. The van der Waals surface area contributed by atoms with E-state index in [2.05, 4.69) is 6.08 Å². The molecule has 1 N–H and O–H groups in total. The molecule has 0 aromatic heterocycles. The van der Waals surface area contributed by atoms with E-state index in [4.69, 9.17) is 16.3 Å². The maximum absolute atomic E-state index is 12.4. The summed E-state index contributed by atoms with van der Waals surface area (Å²) in [6, 6.07) is 0. The normalized spacial score (nSPS) is 53.3. The summed E-state index contributed by atoms with van der Waals surface area (Å²) in [6.07, 6.45) is 5.47. The van der Waals surface area contributed by atoms with E-state index in [9.17, 15) is 14.7 Å². The average Bonchev–Trinajstić information content (AvgIpc) is 3.35. The second-order valence-electron chi connectivity index (χ2n) is 8.19. The minimum atomic E-state index is -0.877. The maximum Gasteiger partial charge on any atom is 0.318 e. The van der Waals surface area contributed by atoms with Crippen molar-refractivity contribution < 1.29 is 19.4 Å². The van der Waals surface area contributed by atoms with Gasteiger partial charge in [-0.2, -0.15) is 0 Å². The van der Waals surface area contributed by atoms with Crippen molar-refractivity contribution in [2.45, 2.75) is 50.7 Å². The molecule has 1 aliphatic heterocycles. The lowest BCUT2D eigenvalue weighted by molar-refractivity contribution is -0.199. The standard InChI is InChI=1S/C18H21ClO4/c1-16-12(5-6-19)13(20)8-17(16)15(22)23-18(16,17)14(21)10-4-2-3-9-7-11(9)10/h4,9,11-12,14,21H,2-3,5-8H2,1H3/t9-,11+,12+,14+,16?,17?,18?/m1/s1. The van der Waals surface area contributed by atoms with E-state index in [0.717, 1.165) is 18.4 Å². The summed E-state index contributed by atoms with van der Waals surface area (Å²) in [6.45, 7) is 1.96. The number of alkyl halides is 1. The first-order valence-electron chi connectivity index (χ1n) is 8.66. The molecule has 5 heteroatoms. The van der Waals surface area contributed by atoms with E-state index in [1.807, 2.05) is 6.92 Å². The van der Waals surface area contributed by atoms with Gasteiger partial charge >= 0.3 is 5.97 Å². The van der Waals surface area contributed by atoms with Crippen LogP contribution in [0.15, 0.2) is 11.6 Å². The number of fused-ring (bicyclic) bond motifs is 2. The minimum Gasteiger partial charge on any atom is -0.453 e. The van der Waals surface area contributed by atoms with Gasteiger partial charge in [0.05, 0.1) is 0 Å². The fraction of sp³-hybridized carbons (Fsp3) is 0.778. The number of aliphatic hydroxyl groups is 1. The molecule has 0 aromatic carbocycles. The van der Waals surface area contributed by atoms with Gasteiger partial charge in [0.1, 0.15) is 17.3 Å². The summed E-state index contributed by atoms with van der Waals surface area (Å²) < 4.78 is 5.64. The van der Waals surface area contributed by atoms with Crippen LogP contribution in [0.5, 0.6) is 0 Å². The molecule has 23 heavy (non-hydrogen) atoms. The number of ketones is 1. The third-order valence-corrected chi connectivity index (χ3v) is 7.94. The van der Waals surface area contributed by atoms with Crippen LogP contribution in [0.1, 0.15) is 39.0 Å². The number of rotatable bonds is 4. The van der Waals surface area contributed by atoms with E-state index in [1.165, 1.54) is 6.42 Å². The van der Waals surface area contributed by atoms with Crippen LogP contribution in [0.25, 0.3) is 0 Å². The SMILES string of the molecule is CC12[C@@H](CCCl)C(=O)CC13C(=O)OC32[C@@H](O)C1=CCC[C@@H]2C[C@H]12. The van der Waals surface area contributed by atoms with Crippen LogP contribution < -0.4 is 0 Å². The Balaban J connectivity index is 1.55. The quantitative estimate of drug-likeness (QED) is 0.486. The number of ether oxygens (including phenoxy) is 1. The van der Waals surface area contributed by atoms with Crippen molar-refractivity contribution in [3.63, 3.8) is 0 Å². The highest BCUT2D eigenvalue weighted by Crippen LogP contribution is 2.90. The smallest absolute Gasteiger partial charge is 0.318 e. The first-order chi connectivity index (χ1) is 11.0. The van der Waals surface area contributed by atoms with Crippen LogP contribution in [-0.2, 0) is 14.3 Å². The summed E-state index contributed by atoms with van der Waals surface area (Å²) in [5, 5.41) is 11.2. The molecule has 0 bridgehead atoms. The predicted molar refractivity (Wildman–Crippen MR) is 82.7 cm³/mol. The van der Waals surface area contributed by atoms with Crippen LogP contribution in [0.3, 0.4) is 0 Å². The van der Waals surface area contributed by atoms with E-state index >= 15 is 0 Å². The van der Waals surface area contributed by atoms with Crippen molar-refractivity contribution in [3.8, 4) is 0 Å². The average molecular weight is 337 g/mol. The highest BCUT2D eigenvalue weighted by molar-refractivity contribution is 6.18. The molecular formula is C18H21ClO4. The van der Waals surface area contributed by atoms with Crippen molar-refractivity contribution in [1.29, 1.82) is 0 Å². The molecule has 1 spiro atoms. The first kappa shape index (κ1) is 14.5. The van der Waals surface area contributed by atoms with Gasteiger partial charge in [0.15, 0.2) is 5.60 Å². The molecule has 0 radical (unpaired) electrons. The summed E-state index contributed by atoms with van der Waals surface area (Å²) in [5.41, 5.74) is -1.21. The Hall–Kier alpha value is -0.870. The summed E-state index contributed by atoms with van der Waals surface area (Å²) in [7, 11) is 0. The van der Waals surface area contributed by atoms with Gasteiger partial charge in [-0.15, -0.1) is 11.6 Å². The molecule has 0 aromatic rings. The number of allylic oxidation sites excluding steroid dienone is 1. The molecule has 3 unspecified atom stereocenters. The van der Waals surface area contributed by atoms with Gasteiger partial charge in [-0.25, -0.2) is 0 Å². The largest absolute Gasteiger partial charge is 0.453 e. The number of carbonyl (C=O) groups excluding carboxylic acids is 2. The van der Waals surface area contributed by atoms with E-state index in [-0.39, 0.29) is 24.1 Å². The molecule has 7 atom stereocenters. The van der Waals surface area contributed by atoms with Gasteiger partial charge in [0, 0.05) is 23.6 Å². The van der Waals surface area contributed by atoms with Gasteiger partial charge in [0.25, 0.3) is 0 Å². The number of carbonyl (C=O) groups is 2. The summed E-state index contributed by atoms with van der Waals surface area (Å²) >= 11 is 5.89. The number of hydrogen-bond donors (Lipinski definition) is 1. The zero-order valence-corrected chi connectivity index (χ0v) is 13.9. The van der Waals surface area contributed by atoms with E-state index in [0.29, 0.717) is 24.1 Å². The first-order valence-corrected chi connectivity index (χ1v) is 9.19. The third-order valence-electron chi connectivity index (χ3n) is 7.72. The molecular weight excluding hydrogens is 316 g/mol. The van der Waals surface area contributed by atoms with Crippen molar-refractivity contribution in [1.82, 2.24) is 0 Å². The zero-order valence-electron chi connectivity index (χ0n) is 13.2. The lowest BCUT2D eigenvalue weighted by Gasteiger charge is -2.40. The number of esters is 1. The van der Waals surface area contributed by atoms with Gasteiger partial charge in [-0.05, 0) is 43.1 Å². The van der Waals surface area contributed by atoms with Crippen molar-refractivity contribution in [3.05, 3.63) is 11.6 Å². The van der Waals surface area contributed by atoms with Gasteiger partial charge < -0.3 is 9.84 Å². The molecule has 4 nitrogen and oxygen atoms in total. The molecule has 5 aliphatic rings. The topological polar surface area (TPSA) is 63.6 Å². The van der Waals surface area contributed by atoms with Gasteiger partial charge in [-0.3, -0.25) is 9.59 Å². The molecule has 1 heterocycles. The Labute approximate surface area is 140 Å². The van der Waals surface area contributed by atoms with Crippen LogP contribution >= 0.6 is 11.6 Å². The molecule has 5 rings (SSSR count). The lowest BCUT2D eigenvalue weighted by atomic mass is 9.78. The van der Waals surface area contributed by atoms with Crippen LogP contribution in [-0.4, -0.2) is 34.4 Å². The fourth-order valence-electron chi connectivity index (χ4n) is 6.48. The van der Waals surface area contributed by atoms with Crippen LogP contribution in [0.4, 0.5) is 0 Å². The van der Waals surface area contributed by atoms with Crippen LogP contribution in [0, 0.1) is 28.6 Å².